The molecule has 0 saturated heterocycles. The third-order valence-electron chi connectivity index (χ3n) is 1.98. The molecule has 1 N–H and O–H groups in total. The standard InChI is InChI=1S/C10H7BrO4S/c11-9-3-1-8-6-10(15-16(12,13)14)4-2-7(8)5-9/h1-6H,(H,12,13,14). The van der Waals surface area contributed by atoms with Crippen molar-refractivity contribution in [3.8, 4) is 5.75 Å². The lowest BCUT2D eigenvalue weighted by atomic mass is 10.1. The highest BCUT2D eigenvalue weighted by Gasteiger charge is 2.07. The zero-order valence-corrected chi connectivity index (χ0v) is 10.3. The van der Waals surface area contributed by atoms with Crippen molar-refractivity contribution in [3.63, 3.8) is 0 Å². The molecule has 0 aliphatic rings. The molecule has 2 aromatic carbocycles. The molecule has 0 aliphatic heterocycles. The molecular formula is C10H7BrO4S. The molecule has 4 nitrogen and oxygen atoms in total. The van der Waals surface area contributed by atoms with Crippen molar-refractivity contribution in [3.05, 3.63) is 40.9 Å². The van der Waals surface area contributed by atoms with E-state index in [1.54, 1.807) is 6.07 Å². The first-order valence-corrected chi connectivity index (χ1v) is 6.46. The Hall–Kier alpha value is -1.11. The monoisotopic (exact) mass is 302 g/mol. The maximum Gasteiger partial charge on any atom is 0.446 e. The molecular weight excluding hydrogens is 296 g/mol. The second-order valence-electron chi connectivity index (χ2n) is 3.16. The van der Waals surface area contributed by atoms with E-state index in [4.69, 9.17) is 4.55 Å². The summed E-state index contributed by atoms with van der Waals surface area (Å²) in [5, 5.41) is 1.77. The lowest BCUT2D eigenvalue weighted by molar-refractivity contribution is 0.387. The Bertz CT molecular complexity index is 636. The molecule has 16 heavy (non-hydrogen) atoms. The number of hydrogen-bond donors (Lipinski definition) is 1. The Morgan fingerprint density at radius 3 is 2.38 bits per heavy atom. The van der Waals surface area contributed by atoms with E-state index in [-0.39, 0.29) is 5.75 Å². The van der Waals surface area contributed by atoms with Crippen LogP contribution in [0.1, 0.15) is 0 Å². The molecule has 0 heterocycles. The van der Waals surface area contributed by atoms with Crippen LogP contribution < -0.4 is 4.18 Å². The zero-order valence-electron chi connectivity index (χ0n) is 7.92. The van der Waals surface area contributed by atoms with Crippen LogP contribution >= 0.6 is 15.9 Å². The fourth-order valence-corrected chi connectivity index (χ4v) is 2.09. The summed E-state index contributed by atoms with van der Waals surface area (Å²) in [6.45, 7) is 0. The molecule has 0 fully saturated rings. The quantitative estimate of drug-likeness (QED) is 0.867. The van der Waals surface area contributed by atoms with Crippen LogP contribution in [-0.2, 0) is 10.4 Å². The summed E-state index contributed by atoms with van der Waals surface area (Å²) in [5.74, 6) is 0.0809. The number of rotatable bonds is 2. The second kappa shape index (κ2) is 4.04. The van der Waals surface area contributed by atoms with Gasteiger partial charge in [0.2, 0.25) is 0 Å². The van der Waals surface area contributed by atoms with Crippen molar-refractivity contribution in [2.24, 2.45) is 0 Å². The van der Waals surface area contributed by atoms with Crippen LogP contribution in [0, 0.1) is 0 Å². The molecule has 0 amide bonds. The van der Waals surface area contributed by atoms with Crippen LogP contribution in [-0.4, -0.2) is 13.0 Å². The second-order valence-corrected chi connectivity index (χ2v) is 5.10. The van der Waals surface area contributed by atoms with Gasteiger partial charge in [-0.2, -0.15) is 8.42 Å². The predicted molar refractivity (Wildman–Crippen MR) is 63.8 cm³/mol. The lowest BCUT2D eigenvalue weighted by Gasteiger charge is -2.03. The Balaban J connectivity index is 2.49. The van der Waals surface area contributed by atoms with Crippen LogP contribution in [0.2, 0.25) is 0 Å². The average molecular weight is 303 g/mol. The Kier molecular flexibility index (Phi) is 2.88. The summed E-state index contributed by atoms with van der Waals surface area (Å²) in [7, 11) is -4.46. The van der Waals surface area contributed by atoms with Gasteiger partial charge >= 0.3 is 10.4 Å². The number of benzene rings is 2. The zero-order chi connectivity index (χ0) is 11.8. The fraction of sp³-hybridized carbons (Fsp3) is 0. The Morgan fingerprint density at radius 2 is 1.69 bits per heavy atom. The molecule has 0 bridgehead atoms. The lowest BCUT2D eigenvalue weighted by Crippen LogP contribution is -2.06. The third-order valence-corrected chi connectivity index (χ3v) is 2.87. The normalized spacial score (nSPS) is 11.6. The summed E-state index contributed by atoms with van der Waals surface area (Å²) in [6, 6.07) is 10.3. The molecule has 0 atom stereocenters. The van der Waals surface area contributed by atoms with E-state index in [1.165, 1.54) is 12.1 Å². The first-order chi connectivity index (χ1) is 7.44. The third kappa shape index (κ3) is 2.72. The van der Waals surface area contributed by atoms with E-state index in [0.717, 1.165) is 15.2 Å². The number of halogens is 1. The maximum absolute atomic E-state index is 10.5. The highest BCUT2D eigenvalue weighted by Crippen LogP contribution is 2.24. The number of fused-ring (bicyclic) bond motifs is 1. The Morgan fingerprint density at radius 1 is 1.06 bits per heavy atom. The molecule has 0 spiro atoms. The van der Waals surface area contributed by atoms with Gasteiger partial charge in [0, 0.05) is 4.47 Å². The van der Waals surface area contributed by atoms with Crippen molar-refractivity contribution in [1.82, 2.24) is 0 Å². The van der Waals surface area contributed by atoms with Gasteiger partial charge in [-0.15, -0.1) is 0 Å². The first-order valence-electron chi connectivity index (χ1n) is 4.30. The van der Waals surface area contributed by atoms with Crippen molar-refractivity contribution in [2.45, 2.75) is 0 Å². The van der Waals surface area contributed by atoms with Gasteiger partial charge in [0.15, 0.2) is 0 Å². The summed E-state index contributed by atoms with van der Waals surface area (Å²) in [4.78, 5) is 0. The largest absolute Gasteiger partial charge is 0.446 e. The SMILES string of the molecule is O=S(=O)(O)Oc1ccc2cc(Br)ccc2c1. The van der Waals surface area contributed by atoms with Gasteiger partial charge in [0.25, 0.3) is 0 Å². The van der Waals surface area contributed by atoms with Crippen LogP contribution in [0.4, 0.5) is 0 Å². The Labute approximate surface area is 101 Å². The van der Waals surface area contributed by atoms with Crippen LogP contribution in [0.15, 0.2) is 40.9 Å². The van der Waals surface area contributed by atoms with Crippen LogP contribution in [0.5, 0.6) is 5.75 Å². The van der Waals surface area contributed by atoms with Gasteiger partial charge in [-0.3, -0.25) is 4.55 Å². The molecule has 0 aromatic heterocycles. The average Bonchev–Trinajstić information content (AvgIpc) is 2.16. The molecule has 84 valence electrons. The first kappa shape index (κ1) is 11.4. The summed E-state index contributed by atoms with van der Waals surface area (Å²) < 4.78 is 34.9. The molecule has 0 radical (unpaired) electrons. The van der Waals surface area contributed by atoms with E-state index in [2.05, 4.69) is 20.1 Å². The highest BCUT2D eigenvalue weighted by molar-refractivity contribution is 9.10. The van der Waals surface area contributed by atoms with Crippen molar-refractivity contribution >= 4 is 37.1 Å². The van der Waals surface area contributed by atoms with E-state index in [1.807, 2.05) is 18.2 Å². The van der Waals surface area contributed by atoms with E-state index >= 15 is 0 Å². The van der Waals surface area contributed by atoms with Gasteiger partial charge in [0.1, 0.15) is 5.75 Å². The summed E-state index contributed by atoms with van der Waals surface area (Å²) in [5.41, 5.74) is 0. The minimum atomic E-state index is -4.46. The fourth-order valence-electron chi connectivity index (χ4n) is 1.37. The van der Waals surface area contributed by atoms with Gasteiger partial charge in [-0.25, -0.2) is 0 Å². The van der Waals surface area contributed by atoms with Gasteiger partial charge < -0.3 is 4.18 Å². The van der Waals surface area contributed by atoms with Crippen molar-refractivity contribution in [2.75, 3.05) is 0 Å². The molecule has 0 aliphatic carbocycles. The van der Waals surface area contributed by atoms with Crippen molar-refractivity contribution in [1.29, 1.82) is 0 Å². The van der Waals surface area contributed by atoms with Gasteiger partial charge in [-0.1, -0.05) is 28.1 Å². The molecule has 6 heteroatoms. The smallest absolute Gasteiger partial charge is 0.362 e. The minimum absolute atomic E-state index is 0.0809. The predicted octanol–water partition coefficient (Wildman–Crippen LogP) is 2.78. The van der Waals surface area contributed by atoms with Crippen molar-refractivity contribution < 1.29 is 17.2 Å². The molecule has 2 aromatic rings. The van der Waals surface area contributed by atoms with Crippen LogP contribution in [0.3, 0.4) is 0 Å². The number of hydrogen-bond acceptors (Lipinski definition) is 3. The van der Waals surface area contributed by atoms with Crippen LogP contribution in [0.25, 0.3) is 10.8 Å². The van der Waals surface area contributed by atoms with E-state index in [0.29, 0.717) is 0 Å². The van der Waals surface area contributed by atoms with Gasteiger partial charge in [0.05, 0.1) is 0 Å². The minimum Gasteiger partial charge on any atom is -0.362 e. The van der Waals surface area contributed by atoms with Gasteiger partial charge in [-0.05, 0) is 35.0 Å². The summed E-state index contributed by atoms with van der Waals surface area (Å²) >= 11 is 3.33. The summed E-state index contributed by atoms with van der Waals surface area (Å²) in [6.07, 6.45) is 0. The van der Waals surface area contributed by atoms with E-state index < -0.39 is 10.4 Å². The molecule has 2 rings (SSSR count). The topological polar surface area (TPSA) is 63.6 Å². The van der Waals surface area contributed by atoms with E-state index in [9.17, 15) is 8.42 Å². The highest BCUT2D eigenvalue weighted by atomic mass is 79.9. The maximum atomic E-state index is 10.5. The molecule has 0 unspecified atom stereocenters. The molecule has 0 saturated carbocycles.